The average Bonchev–Trinajstić information content (AvgIpc) is 2.72. The van der Waals surface area contributed by atoms with E-state index in [-0.39, 0.29) is 0 Å². The van der Waals surface area contributed by atoms with Crippen molar-refractivity contribution < 1.29 is 0 Å². The molecule has 0 amide bonds. The lowest BCUT2D eigenvalue weighted by atomic mass is 10.0. The van der Waals surface area contributed by atoms with Gasteiger partial charge in [-0.3, -0.25) is 0 Å². The van der Waals surface area contributed by atoms with Crippen molar-refractivity contribution in [2.24, 2.45) is 11.7 Å². The number of nitrogens with zero attached hydrogens (tertiary/aromatic N) is 1. The molecular formula is C15H24N2S. The molecule has 1 aromatic rings. The van der Waals surface area contributed by atoms with E-state index in [0.717, 1.165) is 26.2 Å². The number of benzene rings is 1. The van der Waals surface area contributed by atoms with Gasteiger partial charge in [0.1, 0.15) is 0 Å². The van der Waals surface area contributed by atoms with Crippen LogP contribution >= 0.6 is 11.8 Å². The molecule has 0 spiro atoms. The van der Waals surface area contributed by atoms with Crippen molar-refractivity contribution in [2.75, 3.05) is 31.9 Å². The Morgan fingerprint density at radius 1 is 1.39 bits per heavy atom. The first-order valence-electron chi connectivity index (χ1n) is 6.85. The van der Waals surface area contributed by atoms with Gasteiger partial charge in [0.2, 0.25) is 0 Å². The van der Waals surface area contributed by atoms with Crippen LogP contribution < -0.4 is 5.73 Å². The van der Waals surface area contributed by atoms with Gasteiger partial charge in [-0.1, -0.05) is 32.0 Å². The van der Waals surface area contributed by atoms with E-state index in [9.17, 15) is 0 Å². The molecule has 3 heteroatoms. The summed E-state index contributed by atoms with van der Waals surface area (Å²) >= 11 is 2.00. The lowest BCUT2D eigenvalue weighted by molar-refractivity contribution is 0.240. The molecule has 0 saturated heterocycles. The molecule has 0 aliphatic carbocycles. The molecular weight excluding hydrogens is 240 g/mol. The van der Waals surface area contributed by atoms with Crippen molar-refractivity contribution in [3.05, 3.63) is 29.8 Å². The third-order valence-corrected chi connectivity index (χ3v) is 4.60. The lowest BCUT2D eigenvalue weighted by Gasteiger charge is -2.26. The summed E-state index contributed by atoms with van der Waals surface area (Å²) in [4.78, 5) is 4.00. The number of thioether (sulfide) groups is 1. The smallest absolute Gasteiger partial charge is 0.0108 e. The molecule has 2 N–H and O–H groups in total. The minimum atomic E-state index is 0.677. The average molecular weight is 264 g/mol. The van der Waals surface area contributed by atoms with Crippen molar-refractivity contribution in [2.45, 2.75) is 24.7 Å². The molecule has 2 nitrogen and oxygen atoms in total. The Bertz CT molecular complexity index is 379. The summed E-state index contributed by atoms with van der Waals surface area (Å²) in [6.45, 7) is 8.64. The van der Waals surface area contributed by atoms with Gasteiger partial charge in [-0.2, -0.15) is 0 Å². The van der Waals surface area contributed by atoms with Gasteiger partial charge >= 0.3 is 0 Å². The Hall–Kier alpha value is -0.510. The molecule has 2 rings (SSSR count). The van der Waals surface area contributed by atoms with Gasteiger partial charge in [-0.05, 0) is 17.5 Å². The Morgan fingerprint density at radius 2 is 2.17 bits per heavy atom. The van der Waals surface area contributed by atoms with E-state index in [1.165, 1.54) is 16.2 Å². The van der Waals surface area contributed by atoms with Crippen LogP contribution in [0.2, 0.25) is 0 Å². The molecule has 1 aromatic carbocycles. The molecule has 0 fully saturated rings. The number of fused-ring (bicyclic) bond motifs is 1. The zero-order valence-corrected chi connectivity index (χ0v) is 12.2. The summed E-state index contributed by atoms with van der Waals surface area (Å²) in [5.74, 6) is 2.61. The van der Waals surface area contributed by atoms with Gasteiger partial charge in [0.15, 0.2) is 0 Å². The van der Waals surface area contributed by atoms with Crippen LogP contribution in [0.3, 0.4) is 0 Å². The van der Waals surface area contributed by atoms with Crippen LogP contribution in [0, 0.1) is 5.92 Å². The van der Waals surface area contributed by atoms with Gasteiger partial charge in [-0.15, -0.1) is 11.8 Å². The third-order valence-electron chi connectivity index (χ3n) is 3.35. The molecule has 0 aromatic heterocycles. The van der Waals surface area contributed by atoms with Crippen molar-refractivity contribution in [1.82, 2.24) is 4.90 Å². The van der Waals surface area contributed by atoms with E-state index in [2.05, 4.69) is 43.0 Å². The SMILES string of the molecule is CC(C)CN(CCN)CC1CSc2ccccc21. The molecule has 18 heavy (non-hydrogen) atoms. The summed E-state index contributed by atoms with van der Waals surface area (Å²) in [5.41, 5.74) is 7.26. The zero-order valence-electron chi connectivity index (χ0n) is 11.4. The molecule has 0 radical (unpaired) electrons. The van der Waals surface area contributed by atoms with Crippen LogP contribution in [-0.2, 0) is 0 Å². The van der Waals surface area contributed by atoms with E-state index >= 15 is 0 Å². The second kappa shape index (κ2) is 6.60. The molecule has 1 aliphatic heterocycles. The second-order valence-corrected chi connectivity index (χ2v) is 6.55. The highest BCUT2D eigenvalue weighted by Crippen LogP contribution is 2.39. The standard InChI is InChI=1S/C15H24N2S/c1-12(2)9-17(8-7-16)10-13-11-18-15-6-4-3-5-14(13)15/h3-6,12-13H,7-11,16H2,1-2H3. The molecule has 1 heterocycles. The molecule has 100 valence electrons. The predicted molar refractivity (Wildman–Crippen MR) is 80.2 cm³/mol. The normalized spacial score (nSPS) is 18.6. The Labute approximate surface area is 115 Å². The monoisotopic (exact) mass is 264 g/mol. The summed E-state index contributed by atoms with van der Waals surface area (Å²) in [6, 6.07) is 8.83. The summed E-state index contributed by atoms with van der Waals surface area (Å²) in [6.07, 6.45) is 0. The Kier molecular flexibility index (Phi) is 5.10. The predicted octanol–water partition coefficient (Wildman–Crippen LogP) is 2.79. The van der Waals surface area contributed by atoms with Gasteiger partial charge in [-0.25, -0.2) is 0 Å². The number of nitrogens with two attached hydrogens (primary N) is 1. The molecule has 1 aliphatic rings. The van der Waals surface area contributed by atoms with Gasteiger partial charge in [0.05, 0.1) is 0 Å². The van der Waals surface area contributed by atoms with Crippen molar-refractivity contribution in [1.29, 1.82) is 0 Å². The first-order chi connectivity index (χ1) is 8.70. The zero-order chi connectivity index (χ0) is 13.0. The van der Waals surface area contributed by atoms with E-state index in [1.54, 1.807) is 0 Å². The molecule has 1 atom stereocenters. The van der Waals surface area contributed by atoms with E-state index in [4.69, 9.17) is 5.73 Å². The second-order valence-electron chi connectivity index (χ2n) is 5.49. The summed E-state index contributed by atoms with van der Waals surface area (Å²) in [5, 5.41) is 0. The van der Waals surface area contributed by atoms with Crippen LogP contribution in [0.25, 0.3) is 0 Å². The minimum absolute atomic E-state index is 0.677. The van der Waals surface area contributed by atoms with Gasteiger partial charge < -0.3 is 10.6 Å². The number of hydrogen-bond acceptors (Lipinski definition) is 3. The molecule has 1 unspecified atom stereocenters. The largest absolute Gasteiger partial charge is 0.329 e. The Balaban J connectivity index is 2.00. The van der Waals surface area contributed by atoms with E-state index in [0.29, 0.717) is 11.8 Å². The minimum Gasteiger partial charge on any atom is -0.329 e. The molecule has 0 bridgehead atoms. The maximum absolute atomic E-state index is 5.73. The summed E-state index contributed by atoms with van der Waals surface area (Å²) in [7, 11) is 0. The fraction of sp³-hybridized carbons (Fsp3) is 0.600. The van der Waals surface area contributed by atoms with E-state index in [1.807, 2.05) is 11.8 Å². The van der Waals surface area contributed by atoms with Crippen LogP contribution in [0.5, 0.6) is 0 Å². The first-order valence-corrected chi connectivity index (χ1v) is 7.83. The highest BCUT2D eigenvalue weighted by atomic mass is 32.2. The van der Waals surface area contributed by atoms with Crippen LogP contribution in [-0.4, -0.2) is 36.8 Å². The first kappa shape index (κ1) is 13.9. The quantitative estimate of drug-likeness (QED) is 0.856. The van der Waals surface area contributed by atoms with Crippen LogP contribution in [0.4, 0.5) is 0 Å². The Morgan fingerprint density at radius 3 is 2.89 bits per heavy atom. The third kappa shape index (κ3) is 3.50. The van der Waals surface area contributed by atoms with Crippen LogP contribution in [0.15, 0.2) is 29.2 Å². The maximum Gasteiger partial charge on any atom is 0.0108 e. The fourth-order valence-electron chi connectivity index (χ4n) is 2.65. The van der Waals surface area contributed by atoms with Crippen molar-refractivity contribution in [3.63, 3.8) is 0 Å². The highest BCUT2D eigenvalue weighted by molar-refractivity contribution is 7.99. The van der Waals surface area contributed by atoms with Crippen LogP contribution in [0.1, 0.15) is 25.3 Å². The maximum atomic E-state index is 5.73. The van der Waals surface area contributed by atoms with Crippen molar-refractivity contribution in [3.8, 4) is 0 Å². The number of hydrogen-bond donors (Lipinski definition) is 1. The fourth-order valence-corrected chi connectivity index (χ4v) is 3.89. The summed E-state index contributed by atoms with van der Waals surface area (Å²) < 4.78 is 0. The topological polar surface area (TPSA) is 29.3 Å². The van der Waals surface area contributed by atoms with Gasteiger partial charge in [0.25, 0.3) is 0 Å². The molecule has 0 saturated carbocycles. The van der Waals surface area contributed by atoms with Crippen molar-refractivity contribution >= 4 is 11.8 Å². The number of rotatable bonds is 6. The van der Waals surface area contributed by atoms with E-state index < -0.39 is 0 Å². The van der Waals surface area contributed by atoms with Gasteiger partial charge in [0, 0.05) is 42.7 Å². The highest BCUT2D eigenvalue weighted by Gasteiger charge is 2.24. The lowest BCUT2D eigenvalue weighted by Crippen LogP contribution is -2.36.